The lowest BCUT2D eigenvalue weighted by Crippen LogP contribution is -2.30. The van der Waals surface area contributed by atoms with Gasteiger partial charge in [-0.15, -0.1) is 0 Å². The van der Waals surface area contributed by atoms with Gasteiger partial charge in [0.05, 0.1) is 10.5 Å². The number of primary sulfonamides is 1. The van der Waals surface area contributed by atoms with Gasteiger partial charge in [-0.1, -0.05) is 17.7 Å². The van der Waals surface area contributed by atoms with Gasteiger partial charge in [-0.25, -0.2) is 18.4 Å². The van der Waals surface area contributed by atoms with Crippen molar-refractivity contribution in [1.82, 2.24) is 0 Å². The smallest absolute Gasteiger partial charge is 0.338 e. The molecule has 0 aromatic heterocycles. The van der Waals surface area contributed by atoms with E-state index in [0.717, 1.165) is 5.56 Å². The van der Waals surface area contributed by atoms with Crippen LogP contribution in [0.5, 0.6) is 0 Å². The first kappa shape index (κ1) is 18.6. The van der Waals surface area contributed by atoms with Crippen LogP contribution in [0.3, 0.4) is 0 Å². The van der Waals surface area contributed by atoms with Crippen LogP contribution in [0.15, 0.2) is 53.4 Å². The van der Waals surface area contributed by atoms with Gasteiger partial charge in [0.15, 0.2) is 6.10 Å². The van der Waals surface area contributed by atoms with Crippen LogP contribution in [0.4, 0.5) is 5.69 Å². The number of nitrogens with one attached hydrogen (secondary N) is 1. The average Bonchev–Trinajstić information content (AvgIpc) is 2.54. The number of carbonyl (C=O) groups excluding carboxylic acids is 2. The summed E-state index contributed by atoms with van der Waals surface area (Å²) < 4.78 is 27.5. The number of benzene rings is 2. The Morgan fingerprint density at radius 1 is 1.12 bits per heavy atom. The molecule has 0 saturated carbocycles. The van der Waals surface area contributed by atoms with Crippen LogP contribution in [0.25, 0.3) is 0 Å². The first-order chi connectivity index (χ1) is 11.7. The van der Waals surface area contributed by atoms with E-state index in [4.69, 9.17) is 9.88 Å². The molecule has 0 fully saturated rings. The zero-order valence-electron chi connectivity index (χ0n) is 13.7. The predicted molar refractivity (Wildman–Crippen MR) is 92.5 cm³/mol. The van der Waals surface area contributed by atoms with Gasteiger partial charge in [-0.3, -0.25) is 4.79 Å². The molecule has 2 rings (SSSR count). The van der Waals surface area contributed by atoms with Crippen molar-refractivity contribution in [1.29, 1.82) is 0 Å². The minimum atomic E-state index is -3.80. The van der Waals surface area contributed by atoms with Gasteiger partial charge in [-0.2, -0.15) is 0 Å². The lowest BCUT2D eigenvalue weighted by atomic mass is 10.1. The second-order valence-electron chi connectivity index (χ2n) is 5.48. The Morgan fingerprint density at radius 2 is 1.76 bits per heavy atom. The van der Waals surface area contributed by atoms with Crippen molar-refractivity contribution in [2.24, 2.45) is 5.14 Å². The molecular weight excluding hydrogens is 344 g/mol. The van der Waals surface area contributed by atoms with E-state index in [2.05, 4.69) is 5.32 Å². The molecule has 3 N–H and O–H groups in total. The number of amides is 1. The van der Waals surface area contributed by atoms with Gasteiger partial charge in [-0.05, 0) is 50.2 Å². The highest BCUT2D eigenvalue weighted by atomic mass is 32.2. The minimum Gasteiger partial charge on any atom is -0.449 e. The maximum absolute atomic E-state index is 12.1. The largest absolute Gasteiger partial charge is 0.449 e. The Hall–Kier alpha value is -2.71. The summed E-state index contributed by atoms with van der Waals surface area (Å²) >= 11 is 0. The Morgan fingerprint density at radius 3 is 2.32 bits per heavy atom. The van der Waals surface area contributed by atoms with Crippen LogP contribution < -0.4 is 10.5 Å². The summed E-state index contributed by atoms with van der Waals surface area (Å²) in [6, 6.07) is 12.2. The number of nitrogens with two attached hydrogens (primary N) is 1. The molecule has 7 nitrogen and oxygen atoms in total. The zero-order chi connectivity index (χ0) is 18.6. The molecule has 2 aromatic rings. The monoisotopic (exact) mass is 362 g/mol. The van der Waals surface area contributed by atoms with E-state index in [0.29, 0.717) is 11.3 Å². The average molecular weight is 362 g/mol. The van der Waals surface area contributed by atoms with Gasteiger partial charge >= 0.3 is 5.97 Å². The van der Waals surface area contributed by atoms with Gasteiger partial charge in [0, 0.05) is 5.69 Å². The second-order valence-corrected chi connectivity index (χ2v) is 7.04. The first-order valence-electron chi connectivity index (χ1n) is 7.38. The van der Waals surface area contributed by atoms with Crippen LogP contribution in [0.1, 0.15) is 22.8 Å². The lowest BCUT2D eigenvalue weighted by molar-refractivity contribution is -0.123. The minimum absolute atomic E-state index is 0.0653. The number of carbonyl (C=O) groups is 2. The highest BCUT2D eigenvalue weighted by molar-refractivity contribution is 7.89. The molecule has 0 aliphatic rings. The van der Waals surface area contributed by atoms with E-state index >= 15 is 0 Å². The summed E-state index contributed by atoms with van der Waals surface area (Å²) in [5, 5.41) is 7.54. The molecule has 0 aliphatic heterocycles. The molecular formula is C17H18N2O5S. The Balaban J connectivity index is 1.99. The van der Waals surface area contributed by atoms with Crippen LogP contribution in [-0.4, -0.2) is 26.4 Å². The van der Waals surface area contributed by atoms with Crippen LogP contribution >= 0.6 is 0 Å². The quantitative estimate of drug-likeness (QED) is 0.787. The van der Waals surface area contributed by atoms with Crippen molar-refractivity contribution in [2.75, 3.05) is 5.32 Å². The van der Waals surface area contributed by atoms with E-state index in [1.807, 2.05) is 13.0 Å². The number of aryl methyl sites for hydroxylation is 1. The fraction of sp³-hybridized carbons (Fsp3) is 0.176. The van der Waals surface area contributed by atoms with E-state index in [1.54, 1.807) is 18.2 Å². The summed E-state index contributed by atoms with van der Waals surface area (Å²) in [7, 11) is -3.80. The van der Waals surface area contributed by atoms with Gasteiger partial charge in [0.1, 0.15) is 0 Å². The number of ether oxygens (including phenoxy) is 1. The SMILES string of the molecule is Cc1cccc(C(=O)O[C@H](C)C(=O)Nc2ccc(S(N)(=O)=O)cc2)c1. The highest BCUT2D eigenvalue weighted by Gasteiger charge is 2.19. The van der Waals surface area contributed by atoms with E-state index in [-0.39, 0.29) is 4.90 Å². The third-order valence-corrected chi connectivity index (χ3v) is 4.29. The topological polar surface area (TPSA) is 116 Å². The number of anilines is 1. The summed E-state index contributed by atoms with van der Waals surface area (Å²) in [5.74, 6) is -1.14. The Bertz CT molecular complexity index is 892. The summed E-state index contributed by atoms with van der Waals surface area (Å²) in [5.41, 5.74) is 1.62. The third-order valence-electron chi connectivity index (χ3n) is 3.36. The number of hydrogen-bond acceptors (Lipinski definition) is 5. The molecule has 0 aliphatic carbocycles. The van der Waals surface area contributed by atoms with Crippen molar-refractivity contribution in [3.63, 3.8) is 0 Å². The van der Waals surface area contributed by atoms with Crippen molar-refractivity contribution in [3.05, 3.63) is 59.7 Å². The first-order valence-corrected chi connectivity index (χ1v) is 8.93. The van der Waals surface area contributed by atoms with Gasteiger partial charge in [0.2, 0.25) is 10.0 Å². The molecule has 0 unspecified atom stereocenters. The molecule has 2 aromatic carbocycles. The van der Waals surface area contributed by atoms with Gasteiger partial charge in [0.25, 0.3) is 5.91 Å². The summed E-state index contributed by atoms with van der Waals surface area (Å²) in [6.45, 7) is 3.29. The fourth-order valence-electron chi connectivity index (χ4n) is 2.03. The van der Waals surface area contributed by atoms with Crippen LogP contribution in [-0.2, 0) is 19.6 Å². The number of hydrogen-bond donors (Lipinski definition) is 2. The van der Waals surface area contributed by atoms with E-state index in [1.165, 1.54) is 31.2 Å². The normalized spacial score (nSPS) is 12.3. The third kappa shape index (κ3) is 5.13. The molecule has 0 saturated heterocycles. The van der Waals surface area contributed by atoms with Crippen LogP contribution in [0, 0.1) is 6.92 Å². The number of rotatable bonds is 5. The molecule has 0 radical (unpaired) electrons. The van der Waals surface area contributed by atoms with Crippen molar-refractivity contribution >= 4 is 27.6 Å². The predicted octanol–water partition coefficient (Wildman–Crippen LogP) is 1.83. The second kappa shape index (κ2) is 7.45. The molecule has 0 bridgehead atoms. The van der Waals surface area contributed by atoms with Gasteiger partial charge < -0.3 is 10.1 Å². The Labute approximate surface area is 145 Å². The highest BCUT2D eigenvalue weighted by Crippen LogP contribution is 2.14. The summed E-state index contributed by atoms with van der Waals surface area (Å²) in [4.78, 5) is 24.1. The number of esters is 1. The van der Waals surface area contributed by atoms with Crippen molar-refractivity contribution in [3.8, 4) is 0 Å². The lowest BCUT2D eigenvalue weighted by Gasteiger charge is -2.14. The zero-order valence-corrected chi connectivity index (χ0v) is 14.5. The summed E-state index contributed by atoms with van der Waals surface area (Å²) in [6.07, 6.45) is -1.02. The number of sulfonamides is 1. The van der Waals surface area contributed by atoms with Crippen LogP contribution in [0.2, 0.25) is 0 Å². The van der Waals surface area contributed by atoms with Crippen molar-refractivity contribution < 1.29 is 22.7 Å². The maximum atomic E-state index is 12.1. The molecule has 1 amide bonds. The van der Waals surface area contributed by atoms with Crippen molar-refractivity contribution in [2.45, 2.75) is 24.8 Å². The van der Waals surface area contributed by atoms with E-state index in [9.17, 15) is 18.0 Å². The molecule has 8 heteroatoms. The standard InChI is InChI=1S/C17H18N2O5S/c1-11-4-3-5-13(10-11)17(21)24-12(2)16(20)19-14-6-8-15(9-7-14)25(18,22)23/h3-10,12H,1-2H3,(H,19,20)(H2,18,22,23)/t12-/m1/s1. The fourth-order valence-corrected chi connectivity index (χ4v) is 2.54. The molecule has 1 atom stereocenters. The maximum Gasteiger partial charge on any atom is 0.338 e. The molecule has 25 heavy (non-hydrogen) atoms. The van der Waals surface area contributed by atoms with E-state index < -0.39 is 28.0 Å². The molecule has 0 spiro atoms. The Kier molecular flexibility index (Phi) is 5.55. The molecule has 0 heterocycles. The molecule has 132 valence electrons.